The lowest BCUT2D eigenvalue weighted by molar-refractivity contribution is -0.215. The van der Waals surface area contributed by atoms with Crippen LogP contribution in [-0.2, 0) is 16.0 Å². The monoisotopic (exact) mass is 418 g/mol. The summed E-state index contributed by atoms with van der Waals surface area (Å²) in [6.07, 6.45) is -8.45. The van der Waals surface area contributed by atoms with Gasteiger partial charge in [0.2, 0.25) is 5.91 Å². The first-order valence-corrected chi connectivity index (χ1v) is 9.29. The molecule has 0 aromatic heterocycles. The van der Waals surface area contributed by atoms with Crippen molar-refractivity contribution in [2.75, 3.05) is 0 Å². The summed E-state index contributed by atoms with van der Waals surface area (Å²) in [6, 6.07) is 5.94. The van der Waals surface area contributed by atoms with Gasteiger partial charge in [0, 0.05) is 6.42 Å². The molecule has 0 aliphatic rings. The number of carbonyl (C=O) groups excluding carboxylic acids is 2. The van der Waals surface area contributed by atoms with Crippen LogP contribution in [0, 0.1) is 5.92 Å². The molecule has 0 radical (unpaired) electrons. The second kappa shape index (κ2) is 9.96. The van der Waals surface area contributed by atoms with E-state index < -0.39 is 47.9 Å². The first-order chi connectivity index (χ1) is 13.2. The van der Waals surface area contributed by atoms with Gasteiger partial charge in [0.25, 0.3) is 0 Å². The zero-order chi connectivity index (χ0) is 22.4. The molecule has 3 N–H and O–H groups in total. The fraction of sp³-hybridized carbons (Fsp3) is 0.600. The second-order valence-corrected chi connectivity index (χ2v) is 8.15. The molecule has 164 valence electrons. The lowest BCUT2D eigenvalue weighted by Crippen LogP contribution is -2.58. The number of benzene rings is 1. The first-order valence-electron chi connectivity index (χ1n) is 9.29. The van der Waals surface area contributed by atoms with Gasteiger partial charge in [0.15, 0.2) is 6.10 Å². The summed E-state index contributed by atoms with van der Waals surface area (Å²) < 4.78 is 44.0. The van der Waals surface area contributed by atoms with Crippen molar-refractivity contribution in [3.05, 3.63) is 35.9 Å². The number of hydrogen-bond acceptors (Lipinski definition) is 4. The molecule has 2 amide bonds. The molecule has 1 aromatic rings. The van der Waals surface area contributed by atoms with Gasteiger partial charge in [-0.3, -0.25) is 4.79 Å². The molecule has 0 saturated heterocycles. The minimum Gasteiger partial charge on any atom is -0.444 e. The van der Waals surface area contributed by atoms with Crippen molar-refractivity contribution in [3.8, 4) is 0 Å². The Bertz CT molecular complexity index is 673. The molecule has 1 aromatic carbocycles. The molecule has 1 rings (SSSR count). The SMILES string of the molecule is CC(C)C(NC(=O)C(Cc1ccccc1)NC(=O)OC(C)(C)C)C(O)C(F)(F)F. The fourth-order valence-corrected chi connectivity index (χ4v) is 2.59. The number of alkyl carbamates (subject to hydrolysis) is 1. The fourth-order valence-electron chi connectivity index (χ4n) is 2.59. The molecule has 0 aliphatic carbocycles. The molecule has 29 heavy (non-hydrogen) atoms. The second-order valence-electron chi connectivity index (χ2n) is 8.15. The van der Waals surface area contributed by atoms with Crippen LogP contribution in [0.25, 0.3) is 0 Å². The molecule has 0 aliphatic heterocycles. The number of amides is 2. The van der Waals surface area contributed by atoms with E-state index in [4.69, 9.17) is 4.74 Å². The molecule has 3 unspecified atom stereocenters. The van der Waals surface area contributed by atoms with Gasteiger partial charge >= 0.3 is 12.3 Å². The third-order valence-electron chi connectivity index (χ3n) is 3.99. The number of carbonyl (C=O) groups is 2. The normalized spacial score (nSPS) is 15.4. The topological polar surface area (TPSA) is 87.7 Å². The Morgan fingerprint density at radius 1 is 1.07 bits per heavy atom. The van der Waals surface area contributed by atoms with Gasteiger partial charge in [-0.25, -0.2) is 4.79 Å². The maximum absolute atomic E-state index is 13.0. The Hall–Kier alpha value is -2.29. The van der Waals surface area contributed by atoms with Gasteiger partial charge in [-0.2, -0.15) is 13.2 Å². The van der Waals surface area contributed by atoms with Crippen molar-refractivity contribution in [1.82, 2.24) is 10.6 Å². The summed E-state index contributed by atoms with van der Waals surface area (Å²) in [5.74, 6) is -1.55. The van der Waals surface area contributed by atoms with E-state index in [1.165, 1.54) is 13.8 Å². The zero-order valence-corrected chi connectivity index (χ0v) is 17.2. The Morgan fingerprint density at radius 2 is 1.62 bits per heavy atom. The summed E-state index contributed by atoms with van der Waals surface area (Å²) >= 11 is 0. The summed E-state index contributed by atoms with van der Waals surface area (Å²) in [7, 11) is 0. The van der Waals surface area contributed by atoms with Crippen molar-refractivity contribution in [1.29, 1.82) is 0 Å². The van der Waals surface area contributed by atoms with Crippen molar-refractivity contribution in [2.45, 2.75) is 71.0 Å². The summed E-state index contributed by atoms with van der Waals surface area (Å²) in [4.78, 5) is 24.9. The van der Waals surface area contributed by atoms with Crippen molar-refractivity contribution in [3.63, 3.8) is 0 Å². The molecule has 0 spiro atoms. The van der Waals surface area contributed by atoms with Gasteiger partial charge in [0.05, 0.1) is 6.04 Å². The first kappa shape index (κ1) is 24.7. The summed E-state index contributed by atoms with van der Waals surface area (Å²) in [5.41, 5.74) is -0.119. The number of hydrogen-bond donors (Lipinski definition) is 3. The highest BCUT2D eigenvalue weighted by Gasteiger charge is 2.45. The molecule has 3 atom stereocenters. The Labute approximate surface area is 168 Å². The van der Waals surface area contributed by atoms with Crippen molar-refractivity contribution in [2.24, 2.45) is 5.92 Å². The van der Waals surface area contributed by atoms with E-state index in [2.05, 4.69) is 10.6 Å². The number of aliphatic hydroxyl groups excluding tert-OH is 1. The molecular weight excluding hydrogens is 389 g/mol. The molecule has 0 heterocycles. The standard InChI is InChI=1S/C20H29F3N2O4/c1-12(2)15(16(26)20(21,22)23)25-17(27)14(11-13-9-7-6-8-10-13)24-18(28)29-19(3,4)5/h6-10,12,14-16,26H,11H2,1-5H3,(H,24,28)(H,25,27). The third kappa shape index (κ3) is 8.72. The highest BCUT2D eigenvalue weighted by molar-refractivity contribution is 5.86. The predicted molar refractivity (Wildman–Crippen MR) is 102 cm³/mol. The summed E-state index contributed by atoms with van der Waals surface area (Å²) in [5, 5.41) is 14.3. The van der Waals surface area contributed by atoms with Crippen LogP contribution >= 0.6 is 0 Å². The van der Waals surface area contributed by atoms with Gasteiger partial charge < -0.3 is 20.5 Å². The highest BCUT2D eigenvalue weighted by Crippen LogP contribution is 2.25. The lowest BCUT2D eigenvalue weighted by atomic mass is 9.97. The van der Waals surface area contributed by atoms with Crippen LogP contribution in [0.5, 0.6) is 0 Å². The van der Waals surface area contributed by atoms with Gasteiger partial charge in [-0.15, -0.1) is 0 Å². The van der Waals surface area contributed by atoms with E-state index in [1.807, 2.05) is 0 Å². The maximum atomic E-state index is 13.0. The number of aliphatic hydroxyl groups is 1. The van der Waals surface area contributed by atoms with Crippen LogP contribution in [0.3, 0.4) is 0 Å². The number of halogens is 3. The quantitative estimate of drug-likeness (QED) is 0.635. The van der Waals surface area contributed by atoms with Crippen LogP contribution in [0.4, 0.5) is 18.0 Å². The van der Waals surface area contributed by atoms with Gasteiger partial charge in [0.1, 0.15) is 11.6 Å². The molecular formula is C20H29F3N2O4. The molecule has 0 fully saturated rings. The van der Waals surface area contributed by atoms with E-state index in [1.54, 1.807) is 51.1 Å². The van der Waals surface area contributed by atoms with E-state index in [-0.39, 0.29) is 6.42 Å². The van der Waals surface area contributed by atoms with Crippen molar-refractivity contribution < 1.29 is 32.6 Å². The average Bonchev–Trinajstić information content (AvgIpc) is 2.56. The van der Waals surface area contributed by atoms with E-state index >= 15 is 0 Å². The predicted octanol–water partition coefficient (Wildman–Crippen LogP) is 3.19. The number of alkyl halides is 3. The molecule has 9 heteroatoms. The Balaban J connectivity index is 3.03. The smallest absolute Gasteiger partial charge is 0.416 e. The number of nitrogens with one attached hydrogen (secondary N) is 2. The maximum Gasteiger partial charge on any atom is 0.416 e. The minimum atomic E-state index is -4.89. The van der Waals surface area contributed by atoms with Crippen LogP contribution in [-0.4, -0.2) is 47.1 Å². The Kier molecular flexibility index (Phi) is 8.50. The van der Waals surface area contributed by atoms with E-state index in [9.17, 15) is 27.9 Å². The third-order valence-corrected chi connectivity index (χ3v) is 3.99. The van der Waals surface area contributed by atoms with Gasteiger partial charge in [-0.1, -0.05) is 44.2 Å². The molecule has 0 saturated carbocycles. The zero-order valence-electron chi connectivity index (χ0n) is 17.2. The van der Waals surface area contributed by atoms with Crippen LogP contribution < -0.4 is 10.6 Å². The van der Waals surface area contributed by atoms with Gasteiger partial charge in [-0.05, 0) is 32.3 Å². The van der Waals surface area contributed by atoms with E-state index in [0.717, 1.165) is 0 Å². The number of ether oxygens (including phenoxy) is 1. The lowest BCUT2D eigenvalue weighted by Gasteiger charge is -2.31. The molecule has 6 nitrogen and oxygen atoms in total. The highest BCUT2D eigenvalue weighted by atomic mass is 19.4. The Morgan fingerprint density at radius 3 is 2.07 bits per heavy atom. The van der Waals surface area contributed by atoms with Crippen LogP contribution in [0.1, 0.15) is 40.2 Å². The largest absolute Gasteiger partial charge is 0.444 e. The molecule has 0 bridgehead atoms. The minimum absolute atomic E-state index is 0.0405. The number of rotatable bonds is 7. The van der Waals surface area contributed by atoms with E-state index in [0.29, 0.717) is 5.56 Å². The summed E-state index contributed by atoms with van der Waals surface area (Å²) in [6.45, 7) is 7.84. The van der Waals surface area contributed by atoms with Crippen molar-refractivity contribution >= 4 is 12.0 Å². The average molecular weight is 418 g/mol. The van der Waals surface area contributed by atoms with Crippen LogP contribution in [0.15, 0.2) is 30.3 Å². The van der Waals surface area contributed by atoms with Crippen LogP contribution in [0.2, 0.25) is 0 Å².